The zero-order valence-electron chi connectivity index (χ0n) is 19.4. The molecule has 35 heavy (non-hydrogen) atoms. The molecule has 1 aliphatic heterocycles. The Morgan fingerprint density at radius 2 is 1.80 bits per heavy atom. The number of nitrogens with zero attached hydrogens (tertiary/aromatic N) is 1. The Labute approximate surface area is 210 Å². The second-order valence-corrected chi connectivity index (χ2v) is 10.5. The van der Waals surface area contributed by atoms with Crippen molar-refractivity contribution in [2.45, 2.75) is 24.3 Å². The van der Waals surface area contributed by atoms with Crippen molar-refractivity contribution in [1.82, 2.24) is 9.62 Å². The van der Waals surface area contributed by atoms with Crippen molar-refractivity contribution >= 4 is 27.5 Å². The zero-order chi connectivity index (χ0) is 24.8. The highest BCUT2D eigenvalue weighted by Crippen LogP contribution is 2.30. The molecule has 0 aliphatic carbocycles. The van der Waals surface area contributed by atoms with Crippen LogP contribution in [0.4, 0.5) is 0 Å². The smallest absolute Gasteiger partial charge is 0.257 e. The van der Waals surface area contributed by atoms with Crippen LogP contribution in [0.3, 0.4) is 0 Å². The molecular formula is C26H27ClN2O5S. The van der Waals surface area contributed by atoms with Crippen molar-refractivity contribution in [3.8, 4) is 11.5 Å². The number of benzene rings is 3. The van der Waals surface area contributed by atoms with Gasteiger partial charge in [-0.2, -0.15) is 4.31 Å². The van der Waals surface area contributed by atoms with Crippen LogP contribution < -0.4 is 14.8 Å². The van der Waals surface area contributed by atoms with Crippen molar-refractivity contribution in [2.24, 2.45) is 0 Å². The van der Waals surface area contributed by atoms with Gasteiger partial charge in [0.1, 0.15) is 11.5 Å². The van der Waals surface area contributed by atoms with E-state index < -0.39 is 10.0 Å². The van der Waals surface area contributed by atoms with E-state index in [1.807, 2.05) is 48.5 Å². The molecule has 0 bridgehead atoms. The maximum atomic E-state index is 13.2. The number of rotatable bonds is 9. The fraction of sp³-hybridized carbons (Fsp3) is 0.269. The van der Waals surface area contributed by atoms with E-state index in [1.165, 1.54) is 28.1 Å². The lowest BCUT2D eigenvalue weighted by molar-refractivity contribution is -0.123. The molecule has 1 heterocycles. The van der Waals surface area contributed by atoms with Crippen LogP contribution in [0.15, 0.2) is 71.6 Å². The number of carbonyl (C=O) groups excluding carboxylic acids is 1. The lowest BCUT2D eigenvalue weighted by atomic mass is 10.0. The first-order valence-electron chi connectivity index (χ1n) is 11.3. The van der Waals surface area contributed by atoms with Crippen molar-refractivity contribution in [3.63, 3.8) is 0 Å². The lowest BCUT2D eigenvalue weighted by Gasteiger charge is -2.28. The number of methoxy groups -OCH3 is 1. The quantitative estimate of drug-likeness (QED) is 0.469. The Bertz CT molecular complexity index is 1300. The Kier molecular flexibility index (Phi) is 7.95. The summed E-state index contributed by atoms with van der Waals surface area (Å²) >= 11 is 6.30. The van der Waals surface area contributed by atoms with Crippen molar-refractivity contribution in [2.75, 3.05) is 26.8 Å². The van der Waals surface area contributed by atoms with Gasteiger partial charge in [0.25, 0.3) is 5.91 Å². The minimum Gasteiger partial charge on any atom is -0.497 e. The highest BCUT2D eigenvalue weighted by molar-refractivity contribution is 7.89. The number of hydrogen-bond donors (Lipinski definition) is 1. The first kappa shape index (κ1) is 25.0. The lowest BCUT2D eigenvalue weighted by Crippen LogP contribution is -2.35. The maximum absolute atomic E-state index is 13.2. The molecule has 1 aliphatic rings. The van der Waals surface area contributed by atoms with Crippen LogP contribution >= 0.6 is 11.6 Å². The van der Waals surface area contributed by atoms with Gasteiger partial charge in [-0.1, -0.05) is 48.0 Å². The van der Waals surface area contributed by atoms with E-state index in [4.69, 9.17) is 21.1 Å². The number of nitrogens with one attached hydrogen (secondary N) is 1. The molecule has 0 fully saturated rings. The molecule has 0 radical (unpaired) electrons. The third-order valence-electron chi connectivity index (χ3n) is 5.89. The van der Waals surface area contributed by atoms with Crippen LogP contribution in [0.1, 0.15) is 16.7 Å². The standard InChI is InChI=1S/C26H27ClN2O5S/c1-33-22-8-6-19(7-9-22)12-14-28-26(30)18-34-25-11-10-23(16-24(25)27)35(31,32)29-15-13-20-4-2-3-5-21(20)17-29/h2-11,16H,12-15,17-18H2,1H3,(H,28,30). The van der Waals surface area contributed by atoms with E-state index in [0.717, 1.165) is 16.9 Å². The van der Waals surface area contributed by atoms with Gasteiger partial charge in [-0.05, 0) is 59.9 Å². The van der Waals surface area contributed by atoms with Crippen LogP contribution in [-0.4, -0.2) is 45.4 Å². The topological polar surface area (TPSA) is 84.9 Å². The molecule has 3 aromatic carbocycles. The number of ether oxygens (including phenoxy) is 2. The number of amides is 1. The molecule has 9 heteroatoms. The van der Waals surface area contributed by atoms with Gasteiger partial charge < -0.3 is 14.8 Å². The maximum Gasteiger partial charge on any atom is 0.257 e. The van der Waals surface area contributed by atoms with Gasteiger partial charge in [0.2, 0.25) is 10.0 Å². The summed E-state index contributed by atoms with van der Waals surface area (Å²) in [6, 6.07) is 19.8. The second kappa shape index (κ2) is 11.1. The van der Waals surface area contributed by atoms with Crippen LogP contribution in [0.25, 0.3) is 0 Å². The molecule has 0 atom stereocenters. The number of hydrogen-bond acceptors (Lipinski definition) is 5. The molecular weight excluding hydrogens is 488 g/mol. The van der Waals surface area contributed by atoms with Gasteiger partial charge in [0.15, 0.2) is 6.61 Å². The van der Waals surface area contributed by atoms with E-state index in [0.29, 0.717) is 32.5 Å². The van der Waals surface area contributed by atoms with Crippen LogP contribution in [0.5, 0.6) is 11.5 Å². The average molecular weight is 515 g/mol. The fourth-order valence-electron chi connectivity index (χ4n) is 3.92. The molecule has 0 saturated heterocycles. The summed E-state index contributed by atoms with van der Waals surface area (Å²) in [5.74, 6) is 0.737. The summed E-state index contributed by atoms with van der Waals surface area (Å²) < 4.78 is 38.4. The number of sulfonamides is 1. The average Bonchev–Trinajstić information content (AvgIpc) is 2.88. The predicted octanol–water partition coefficient (Wildman–Crippen LogP) is 3.83. The highest BCUT2D eigenvalue weighted by Gasteiger charge is 2.28. The highest BCUT2D eigenvalue weighted by atomic mass is 35.5. The Morgan fingerprint density at radius 3 is 2.51 bits per heavy atom. The summed E-state index contributed by atoms with van der Waals surface area (Å²) in [7, 11) is -2.10. The second-order valence-electron chi connectivity index (χ2n) is 8.19. The molecule has 7 nitrogen and oxygen atoms in total. The zero-order valence-corrected chi connectivity index (χ0v) is 20.9. The van der Waals surface area contributed by atoms with Crippen molar-refractivity contribution in [1.29, 1.82) is 0 Å². The first-order chi connectivity index (χ1) is 16.9. The molecule has 184 valence electrons. The minimum absolute atomic E-state index is 0.0955. The molecule has 0 spiro atoms. The number of halogens is 1. The third kappa shape index (κ3) is 6.14. The van der Waals surface area contributed by atoms with Crippen LogP contribution in [-0.2, 0) is 34.2 Å². The van der Waals surface area contributed by atoms with E-state index in [1.54, 1.807) is 7.11 Å². The van der Waals surface area contributed by atoms with E-state index in [-0.39, 0.29) is 28.2 Å². The Balaban J connectivity index is 1.30. The molecule has 4 rings (SSSR count). The van der Waals surface area contributed by atoms with Gasteiger partial charge in [0, 0.05) is 19.6 Å². The van der Waals surface area contributed by atoms with Gasteiger partial charge >= 0.3 is 0 Å². The van der Waals surface area contributed by atoms with Crippen molar-refractivity contribution < 1.29 is 22.7 Å². The minimum atomic E-state index is -3.71. The predicted molar refractivity (Wildman–Crippen MR) is 134 cm³/mol. The van der Waals surface area contributed by atoms with E-state index in [2.05, 4.69) is 5.32 Å². The fourth-order valence-corrected chi connectivity index (χ4v) is 5.66. The third-order valence-corrected chi connectivity index (χ3v) is 8.03. The number of carbonyl (C=O) groups is 1. The van der Waals surface area contributed by atoms with Gasteiger partial charge in [0.05, 0.1) is 17.0 Å². The van der Waals surface area contributed by atoms with Gasteiger partial charge in [-0.25, -0.2) is 8.42 Å². The first-order valence-corrected chi connectivity index (χ1v) is 13.1. The molecule has 3 aromatic rings. The summed E-state index contributed by atoms with van der Waals surface area (Å²) in [6.07, 6.45) is 1.34. The molecule has 0 saturated carbocycles. The molecule has 0 unspecified atom stereocenters. The SMILES string of the molecule is COc1ccc(CCNC(=O)COc2ccc(S(=O)(=O)N3CCc4ccccc4C3)cc2Cl)cc1. The van der Waals surface area contributed by atoms with E-state index >= 15 is 0 Å². The number of fused-ring (bicyclic) bond motifs is 1. The molecule has 1 amide bonds. The Hall–Kier alpha value is -3.07. The van der Waals surface area contributed by atoms with Crippen LogP contribution in [0, 0.1) is 0 Å². The Morgan fingerprint density at radius 1 is 1.06 bits per heavy atom. The van der Waals surface area contributed by atoms with Gasteiger partial charge in [-0.3, -0.25) is 4.79 Å². The summed E-state index contributed by atoms with van der Waals surface area (Å²) in [5, 5.41) is 2.93. The van der Waals surface area contributed by atoms with Crippen molar-refractivity contribution in [3.05, 3.63) is 88.4 Å². The van der Waals surface area contributed by atoms with E-state index in [9.17, 15) is 13.2 Å². The summed E-state index contributed by atoms with van der Waals surface area (Å²) in [4.78, 5) is 12.2. The molecule has 1 N–H and O–H groups in total. The molecule has 0 aromatic heterocycles. The summed E-state index contributed by atoms with van der Waals surface area (Å²) in [6.45, 7) is 0.965. The monoisotopic (exact) mass is 514 g/mol. The van der Waals surface area contributed by atoms with Gasteiger partial charge in [-0.15, -0.1) is 0 Å². The summed E-state index contributed by atoms with van der Waals surface area (Å²) in [5.41, 5.74) is 3.25. The largest absolute Gasteiger partial charge is 0.497 e. The normalized spacial score (nSPS) is 13.7. The van der Waals surface area contributed by atoms with Crippen LogP contribution in [0.2, 0.25) is 5.02 Å².